The van der Waals surface area contributed by atoms with E-state index in [1.165, 1.54) is 5.56 Å². The maximum Gasteiger partial charge on any atom is 0.232 e. The molecule has 0 saturated heterocycles. The highest BCUT2D eigenvalue weighted by molar-refractivity contribution is 7.92. The van der Waals surface area contributed by atoms with Gasteiger partial charge in [0.1, 0.15) is 11.3 Å². The fourth-order valence-corrected chi connectivity index (χ4v) is 3.62. The highest BCUT2D eigenvalue weighted by Gasteiger charge is 2.19. The zero-order valence-corrected chi connectivity index (χ0v) is 16.3. The Morgan fingerprint density at radius 3 is 2.46 bits per heavy atom. The summed E-state index contributed by atoms with van der Waals surface area (Å²) in [6.07, 6.45) is 0.966. The van der Waals surface area contributed by atoms with Crippen molar-refractivity contribution < 1.29 is 8.42 Å². The Hall–Kier alpha value is -2.34. The van der Waals surface area contributed by atoms with Crippen molar-refractivity contribution in [2.45, 2.75) is 39.7 Å². The first-order chi connectivity index (χ1) is 12.4. The van der Waals surface area contributed by atoms with Gasteiger partial charge in [-0.1, -0.05) is 50.2 Å². The molecule has 1 unspecified atom stereocenters. The molecule has 3 aromatic rings. The van der Waals surface area contributed by atoms with E-state index in [1.807, 2.05) is 30.3 Å². The molecule has 0 fully saturated rings. The van der Waals surface area contributed by atoms with Gasteiger partial charge in [0, 0.05) is 12.5 Å². The van der Waals surface area contributed by atoms with Gasteiger partial charge in [-0.3, -0.25) is 4.72 Å². The molecule has 1 N–H and O–H groups in total. The van der Waals surface area contributed by atoms with Crippen LogP contribution in [0.25, 0.3) is 11.0 Å². The Labute approximate surface area is 155 Å². The zero-order chi connectivity index (χ0) is 18.7. The zero-order valence-electron chi connectivity index (χ0n) is 15.4. The number of benzene rings is 2. The summed E-state index contributed by atoms with van der Waals surface area (Å²) in [7, 11) is -3.35. The largest absolute Gasteiger partial charge is 0.323 e. The Bertz CT molecular complexity index is 995. The van der Waals surface area contributed by atoms with Crippen LogP contribution in [0.2, 0.25) is 0 Å². The number of sulfonamides is 1. The molecular weight excluding hydrogens is 346 g/mol. The number of hydrogen-bond acceptors (Lipinski definition) is 3. The van der Waals surface area contributed by atoms with E-state index >= 15 is 0 Å². The minimum Gasteiger partial charge on any atom is -0.323 e. The minimum atomic E-state index is -3.35. The number of fused-ring (bicyclic) bond motifs is 1. The van der Waals surface area contributed by atoms with Gasteiger partial charge in [-0.2, -0.15) is 0 Å². The van der Waals surface area contributed by atoms with E-state index in [4.69, 9.17) is 4.98 Å². The third-order valence-electron chi connectivity index (χ3n) is 4.69. The number of para-hydroxylation sites is 1. The maximum atomic E-state index is 12.0. The number of nitrogens with zero attached hydrogens (tertiary/aromatic N) is 2. The highest BCUT2D eigenvalue weighted by Crippen LogP contribution is 2.30. The SMILES string of the molecule is CCC(C)c1nc2c(NS(=O)(=O)CC)cccc2n1Cc1ccccc1. The molecule has 0 aliphatic rings. The number of rotatable bonds is 7. The van der Waals surface area contributed by atoms with Crippen molar-refractivity contribution in [3.8, 4) is 0 Å². The van der Waals surface area contributed by atoms with Crippen LogP contribution in [0.3, 0.4) is 0 Å². The molecule has 0 radical (unpaired) electrons. The van der Waals surface area contributed by atoms with Gasteiger partial charge in [-0.15, -0.1) is 0 Å². The Kier molecular flexibility index (Phi) is 5.32. The average molecular weight is 372 g/mol. The van der Waals surface area contributed by atoms with Crippen LogP contribution < -0.4 is 4.72 Å². The van der Waals surface area contributed by atoms with E-state index in [0.29, 0.717) is 17.7 Å². The summed E-state index contributed by atoms with van der Waals surface area (Å²) in [5.74, 6) is 1.29. The monoisotopic (exact) mass is 371 g/mol. The molecule has 26 heavy (non-hydrogen) atoms. The third-order valence-corrected chi connectivity index (χ3v) is 5.98. The van der Waals surface area contributed by atoms with Crippen molar-refractivity contribution in [3.63, 3.8) is 0 Å². The fourth-order valence-electron chi connectivity index (χ4n) is 2.98. The Morgan fingerprint density at radius 2 is 1.81 bits per heavy atom. The van der Waals surface area contributed by atoms with Crippen molar-refractivity contribution in [2.75, 3.05) is 10.5 Å². The van der Waals surface area contributed by atoms with Crippen LogP contribution >= 0.6 is 0 Å². The number of imidazole rings is 1. The summed E-state index contributed by atoms with van der Waals surface area (Å²) in [5.41, 5.74) is 3.38. The van der Waals surface area contributed by atoms with Crippen LogP contribution in [-0.2, 0) is 16.6 Å². The first-order valence-electron chi connectivity index (χ1n) is 8.98. The molecule has 0 amide bonds. The molecule has 2 aromatic carbocycles. The summed E-state index contributed by atoms with van der Waals surface area (Å²) in [5, 5.41) is 0. The Morgan fingerprint density at radius 1 is 1.08 bits per heavy atom. The molecule has 3 rings (SSSR count). The molecule has 0 aliphatic heterocycles. The van der Waals surface area contributed by atoms with Gasteiger partial charge < -0.3 is 4.57 Å². The van der Waals surface area contributed by atoms with Crippen LogP contribution in [-0.4, -0.2) is 23.7 Å². The van der Waals surface area contributed by atoms with E-state index < -0.39 is 10.0 Å². The van der Waals surface area contributed by atoms with Gasteiger partial charge in [-0.25, -0.2) is 13.4 Å². The van der Waals surface area contributed by atoms with E-state index in [9.17, 15) is 8.42 Å². The van der Waals surface area contributed by atoms with E-state index in [-0.39, 0.29) is 11.7 Å². The molecule has 138 valence electrons. The second-order valence-corrected chi connectivity index (χ2v) is 8.54. The molecule has 0 saturated carbocycles. The first-order valence-corrected chi connectivity index (χ1v) is 10.6. The van der Waals surface area contributed by atoms with Gasteiger partial charge in [0.05, 0.1) is 17.0 Å². The normalized spacial score (nSPS) is 13.0. The summed E-state index contributed by atoms with van der Waals surface area (Å²) in [4.78, 5) is 4.83. The first kappa shape index (κ1) is 18.5. The van der Waals surface area contributed by atoms with E-state index in [0.717, 1.165) is 17.8 Å². The van der Waals surface area contributed by atoms with Crippen molar-refractivity contribution in [1.29, 1.82) is 0 Å². The van der Waals surface area contributed by atoms with Crippen molar-refractivity contribution >= 4 is 26.7 Å². The second-order valence-electron chi connectivity index (χ2n) is 6.53. The predicted molar refractivity (Wildman–Crippen MR) is 107 cm³/mol. The van der Waals surface area contributed by atoms with Crippen LogP contribution in [0.1, 0.15) is 44.5 Å². The number of anilines is 1. The lowest BCUT2D eigenvalue weighted by Crippen LogP contribution is -2.14. The minimum absolute atomic E-state index is 0.0341. The van der Waals surface area contributed by atoms with Crippen LogP contribution in [0.5, 0.6) is 0 Å². The predicted octanol–water partition coefficient (Wildman–Crippen LogP) is 4.36. The number of hydrogen-bond donors (Lipinski definition) is 1. The average Bonchev–Trinajstić information content (AvgIpc) is 3.01. The standard InChI is InChI=1S/C20H25N3O2S/c1-4-15(3)20-21-19-17(22-26(24,25)5-2)12-9-13-18(19)23(20)14-16-10-7-6-8-11-16/h6-13,15,22H,4-5,14H2,1-3H3. The lowest BCUT2D eigenvalue weighted by Gasteiger charge is -2.13. The van der Waals surface area contributed by atoms with Crippen molar-refractivity contribution in [1.82, 2.24) is 9.55 Å². The Balaban J connectivity index is 2.15. The van der Waals surface area contributed by atoms with Crippen LogP contribution in [0.15, 0.2) is 48.5 Å². The van der Waals surface area contributed by atoms with Crippen LogP contribution in [0.4, 0.5) is 5.69 Å². The fraction of sp³-hybridized carbons (Fsp3) is 0.350. The van der Waals surface area contributed by atoms with Crippen LogP contribution in [0, 0.1) is 0 Å². The molecule has 1 atom stereocenters. The molecule has 0 aliphatic carbocycles. The molecule has 5 nitrogen and oxygen atoms in total. The lowest BCUT2D eigenvalue weighted by molar-refractivity contribution is 0.602. The molecule has 0 bridgehead atoms. The molecule has 0 spiro atoms. The van der Waals surface area contributed by atoms with E-state index in [1.54, 1.807) is 13.0 Å². The van der Waals surface area contributed by atoms with Gasteiger partial charge in [0.15, 0.2) is 0 Å². The third kappa shape index (κ3) is 3.75. The number of nitrogens with one attached hydrogen (secondary N) is 1. The molecule has 1 heterocycles. The molecule has 1 aromatic heterocycles. The van der Waals surface area contributed by atoms with Crippen molar-refractivity contribution in [2.24, 2.45) is 0 Å². The summed E-state index contributed by atoms with van der Waals surface area (Å²) in [6, 6.07) is 15.9. The lowest BCUT2D eigenvalue weighted by atomic mass is 10.1. The molecular formula is C20H25N3O2S. The number of aromatic nitrogens is 2. The second kappa shape index (κ2) is 7.50. The van der Waals surface area contributed by atoms with Gasteiger partial charge in [0.25, 0.3) is 0 Å². The van der Waals surface area contributed by atoms with Gasteiger partial charge in [0.2, 0.25) is 10.0 Å². The van der Waals surface area contributed by atoms with Gasteiger partial charge >= 0.3 is 0 Å². The highest BCUT2D eigenvalue weighted by atomic mass is 32.2. The molecule has 6 heteroatoms. The topological polar surface area (TPSA) is 64.0 Å². The quantitative estimate of drug-likeness (QED) is 0.671. The van der Waals surface area contributed by atoms with Gasteiger partial charge in [-0.05, 0) is 31.0 Å². The smallest absolute Gasteiger partial charge is 0.232 e. The van der Waals surface area contributed by atoms with E-state index in [2.05, 4.69) is 35.3 Å². The van der Waals surface area contributed by atoms with Crippen molar-refractivity contribution in [3.05, 3.63) is 59.9 Å². The maximum absolute atomic E-state index is 12.0. The summed E-state index contributed by atoms with van der Waals surface area (Å²) >= 11 is 0. The summed E-state index contributed by atoms with van der Waals surface area (Å²) < 4.78 is 28.9. The summed E-state index contributed by atoms with van der Waals surface area (Å²) in [6.45, 7) is 6.62.